The Morgan fingerprint density at radius 1 is 1.11 bits per heavy atom. The molecule has 0 radical (unpaired) electrons. The van der Waals surface area contributed by atoms with Crippen molar-refractivity contribution in [3.05, 3.63) is 0 Å². The monoisotopic (exact) mass is 261 g/mol. The quantitative estimate of drug-likeness (QED) is 0.547. The van der Waals surface area contributed by atoms with Crippen molar-refractivity contribution in [2.75, 3.05) is 40.1 Å². The Morgan fingerprint density at radius 3 is 2.44 bits per heavy atom. The lowest BCUT2D eigenvalue weighted by molar-refractivity contribution is 0.00662. The topological polar surface area (TPSA) is 39.7 Å². The Balaban J connectivity index is 3.34. The number of hydrogen-bond acceptors (Lipinski definition) is 4. The second-order valence-electron chi connectivity index (χ2n) is 5.26. The molecule has 0 rings (SSSR count). The molecule has 1 atom stereocenters. The molecule has 0 aromatic rings. The molecule has 0 aliphatic rings. The third-order valence-electron chi connectivity index (χ3n) is 3.02. The highest BCUT2D eigenvalue weighted by atomic mass is 16.5. The molecule has 0 spiro atoms. The van der Waals surface area contributed by atoms with Gasteiger partial charge in [-0.2, -0.15) is 0 Å². The van der Waals surface area contributed by atoms with Crippen LogP contribution in [0.2, 0.25) is 0 Å². The maximum absolute atomic E-state index is 5.67. The predicted molar refractivity (Wildman–Crippen MR) is 75.1 cm³/mol. The zero-order chi connectivity index (χ0) is 13.9. The van der Waals surface area contributed by atoms with Gasteiger partial charge in [-0.15, -0.1) is 0 Å². The van der Waals surface area contributed by atoms with Gasteiger partial charge in [-0.05, 0) is 33.6 Å². The molecular formula is C14H31NO3. The lowest BCUT2D eigenvalue weighted by Crippen LogP contribution is -2.42. The molecule has 1 N–H and O–H groups in total. The third kappa shape index (κ3) is 11.0. The van der Waals surface area contributed by atoms with Gasteiger partial charge in [0.05, 0.1) is 19.3 Å². The van der Waals surface area contributed by atoms with Gasteiger partial charge in [0.15, 0.2) is 0 Å². The highest BCUT2D eigenvalue weighted by Crippen LogP contribution is 2.06. The first-order chi connectivity index (χ1) is 8.52. The Morgan fingerprint density at radius 2 is 1.83 bits per heavy atom. The van der Waals surface area contributed by atoms with Crippen LogP contribution in [0.1, 0.15) is 40.5 Å². The van der Waals surface area contributed by atoms with E-state index in [1.807, 2.05) is 0 Å². The van der Waals surface area contributed by atoms with Crippen LogP contribution >= 0.6 is 0 Å². The van der Waals surface area contributed by atoms with Crippen molar-refractivity contribution in [3.8, 4) is 0 Å². The Kier molecular flexibility index (Phi) is 10.6. The van der Waals surface area contributed by atoms with Crippen LogP contribution in [0.15, 0.2) is 0 Å². The van der Waals surface area contributed by atoms with Gasteiger partial charge in [0.1, 0.15) is 0 Å². The van der Waals surface area contributed by atoms with E-state index in [9.17, 15) is 0 Å². The zero-order valence-corrected chi connectivity index (χ0v) is 12.8. The fourth-order valence-electron chi connectivity index (χ4n) is 1.32. The number of methoxy groups -OCH3 is 1. The van der Waals surface area contributed by atoms with E-state index in [1.54, 1.807) is 7.11 Å². The molecule has 4 nitrogen and oxygen atoms in total. The van der Waals surface area contributed by atoms with Gasteiger partial charge in [0.2, 0.25) is 0 Å². The average Bonchev–Trinajstić information content (AvgIpc) is 2.35. The fourth-order valence-corrected chi connectivity index (χ4v) is 1.32. The van der Waals surface area contributed by atoms with Crippen molar-refractivity contribution in [2.45, 2.75) is 52.2 Å². The molecule has 4 heteroatoms. The molecule has 0 amide bonds. The van der Waals surface area contributed by atoms with Crippen molar-refractivity contribution >= 4 is 0 Å². The summed E-state index contributed by atoms with van der Waals surface area (Å²) in [6.07, 6.45) is 2.28. The smallest absolute Gasteiger partial charge is 0.0704 e. The van der Waals surface area contributed by atoms with Crippen molar-refractivity contribution in [1.82, 2.24) is 5.32 Å². The van der Waals surface area contributed by atoms with Gasteiger partial charge in [0.25, 0.3) is 0 Å². The highest BCUT2D eigenvalue weighted by molar-refractivity contribution is 4.76. The van der Waals surface area contributed by atoms with Crippen LogP contribution in [-0.4, -0.2) is 51.7 Å². The first-order valence-corrected chi connectivity index (χ1v) is 6.95. The molecule has 0 saturated heterocycles. The van der Waals surface area contributed by atoms with Gasteiger partial charge in [0, 0.05) is 32.4 Å². The van der Waals surface area contributed by atoms with Crippen molar-refractivity contribution in [2.24, 2.45) is 0 Å². The molecule has 0 bridgehead atoms. The molecule has 0 saturated carbocycles. The predicted octanol–water partition coefficient (Wildman–Crippen LogP) is 2.22. The van der Waals surface area contributed by atoms with Crippen molar-refractivity contribution in [3.63, 3.8) is 0 Å². The van der Waals surface area contributed by atoms with Crippen LogP contribution in [0.4, 0.5) is 0 Å². The minimum atomic E-state index is 0.189. The van der Waals surface area contributed by atoms with E-state index in [1.165, 1.54) is 0 Å². The van der Waals surface area contributed by atoms with Crippen LogP contribution in [0.25, 0.3) is 0 Å². The molecule has 1 unspecified atom stereocenters. The van der Waals surface area contributed by atoms with E-state index in [-0.39, 0.29) is 11.6 Å². The van der Waals surface area contributed by atoms with E-state index < -0.39 is 0 Å². The van der Waals surface area contributed by atoms with Crippen LogP contribution in [-0.2, 0) is 14.2 Å². The average molecular weight is 261 g/mol. The number of rotatable bonds is 12. The second kappa shape index (κ2) is 10.7. The SMILES string of the molecule is CCC(C)(C)NCC(C)OCCOCCCOC. The lowest BCUT2D eigenvalue weighted by atomic mass is 10.0. The highest BCUT2D eigenvalue weighted by Gasteiger charge is 2.14. The van der Waals surface area contributed by atoms with Crippen LogP contribution < -0.4 is 5.32 Å². The van der Waals surface area contributed by atoms with Gasteiger partial charge < -0.3 is 19.5 Å². The number of ether oxygens (including phenoxy) is 3. The Bertz CT molecular complexity index is 186. The van der Waals surface area contributed by atoms with Crippen LogP contribution in [0.5, 0.6) is 0 Å². The van der Waals surface area contributed by atoms with Crippen molar-refractivity contribution in [1.29, 1.82) is 0 Å². The summed E-state index contributed by atoms with van der Waals surface area (Å²) in [7, 11) is 1.70. The van der Waals surface area contributed by atoms with Gasteiger partial charge in [-0.25, -0.2) is 0 Å². The summed E-state index contributed by atoms with van der Waals surface area (Å²) in [6.45, 7) is 12.4. The number of nitrogens with one attached hydrogen (secondary N) is 1. The van der Waals surface area contributed by atoms with E-state index in [0.717, 1.165) is 32.6 Å². The fraction of sp³-hybridized carbons (Fsp3) is 1.00. The van der Waals surface area contributed by atoms with Gasteiger partial charge >= 0.3 is 0 Å². The van der Waals surface area contributed by atoms with E-state index in [4.69, 9.17) is 14.2 Å². The summed E-state index contributed by atoms with van der Waals surface area (Å²) in [5.41, 5.74) is 0.189. The maximum atomic E-state index is 5.67. The molecule has 18 heavy (non-hydrogen) atoms. The molecule has 110 valence electrons. The van der Waals surface area contributed by atoms with Crippen molar-refractivity contribution < 1.29 is 14.2 Å². The van der Waals surface area contributed by atoms with Crippen LogP contribution in [0, 0.1) is 0 Å². The van der Waals surface area contributed by atoms with E-state index in [0.29, 0.717) is 13.2 Å². The Labute approximate surface area is 112 Å². The lowest BCUT2D eigenvalue weighted by Gasteiger charge is -2.26. The molecule has 0 aliphatic heterocycles. The van der Waals surface area contributed by atoms with E-state index >= 15 is 0 Å². The standard InChI is InChI=1S/C14H31NO3/c1-6-14(3,4)15-12-13(2)18-11-10-17-9-7-8-16-5/h13,15H,6-12H2,1-5H3. The summed E-state index contributed by atoms with van der Waals surface area (Å²) >= 11 is 0. The molecular weight excluding hydrogens is 230 g/mol. The normalized spacial score (nSPS) is 13.8. The Hall–Kier alpha value is -0.160. The minimum Gasteiger partial charge on any atom is -0.385 e. The number of hydrogen-bond donors (Lipinski definition) is 1. The summed E-state index contributed by atoms with van der Waals surface area (Å²) in [5.74, 6) is 0. The molecule has 0 aromatic carbocycles. The van der Waals surface area contributed by atoms with Gasteiger partial charge in [-0.1, -0.05) is 6.92 Å². The summed E-state index contributed by atoms with van der Waals surface area (Å²) in [4.78, 5) is 0. The molecule has 0 aliphatic carbocycles. The zero-order valence-electron chi connectivity index (χ0n) is 12.8. The second-order valence-corrected chi connectivity index (χ2v) is 5.26. The maximum Gasteiger partial charge on any atom is 0.0704 e. The summed E-state index contributed by atoms with van der Waals surface area (Å²) in [6, 6.07) is 0. The first kappa shape index (κ1) is 17.8. The van der Waals surface area contributed by atoms with Crippen LogP contribution in [0.3, 0.4) is 0 Å². The summed E-state index contributed by atoms with van der Waals surface area (Å²) < 4.78 is 16.0. The minimum absolute atomic E-state index is 0.189. The van der Waals surface area contributed by atoms with Gasteiger partial charge in [-0.3, -0.25) is 0 Å². The first-order valence-electron chi connectivity index (χ1n) is 6.95. The molecule has 0 fully saturated rings. The largest absolute Gasteiger partial charge is 0.385 e. The third-order valence-corrected chi connectivity index (χ3v) is 3.02. The van der Waals surface area contributed by atoms with E-state index in [2.05, 4.69) is 33.0 Å². The summed E-state index contributed by atoms with van der Waals surface area (Å²) in [5, 5.41) is 3.49. The molecule has 0 aromatic heterocycles. The molecule has 0 heterocycles.